The van der Waals surface area contributed by atoms with Crippen LogP contribution < -0.4 is 5.69 Å². The van der Waals surface area contributed by atoms with E-state index >= 15 is 0 Å². The zero-order valence-electron chi connectivity index (χ0n) is 11.2. The number of fused-ring (bicyclic) bond motifs is 3. The first-order valence-electron chi connectivity index (χ1n) is 6.43. The molecular weight excluding hydrogens is 424 g/mol. The Labute approximate surface area is 139 Å². The number of aromatic amines is 1. The zero-order chi connectivity index (χ0) is 16.3. The number of nitrogens with one attached hydrogen (secondary N) is 1. The van der Waals surface area contributed by atoms with E-state index < -0.39 is 28.7 Å². The summed E-state index contributed by atoms with van der Waals surface area (Å²) in [7, 11) is 0. The van der Waals surface area contributed by atoms with Crippen molar-refractivity contribution in [3.8, 4) is 5.69 Å². The molecule has 4 rings (SSSR count). The number of H-pyrrole nitrogens is 1. The Kier molecular flexibility index (Phi) is 3.05. The predicted molar refractivity (Wildman–Crippen MR) is 86.3 cm³/mol. The molecule has 0 atom stereocenters. The number of hydrogen-bond acceptors (Lipinski definition) is 2. The van der Waals surface area contributed by atoms with Gasteiger partial charge in [0.2, 0.25) is 0 Å². The van der Waals surface area contributed by atoms with Gasteiger partial charge in [-0.1, -0.05) is 0 Å². The van der Waals surface area contributed by atoms with Crippen molar-refractivity contribution in [1.29, 1.82) is 0 Å². The van der Waals surface area contributed by atoms with Gasteiger partial charge in [0.1, 0.15) is 16.9 Å². The second kappa shape index (κ2) is 4.88. The minimum atomic E-state index is -1.25. The van der Waals surface area contributed by atoms with Crippen molar-refractivity contribution in [3.63, 3.8) is 0 Å². The SMILES string of the molecule is O=c1[nH]c2c3occc3c(F)c(F)c2n1-c1ccc(I)cc1F. The molecule has 2 heterocycles. The lowest BCUT2D eigenvalue weighted by molar-refractivity contribution is 0.520. The number of hydrogen-bond donors (Lipinski definition) is 1. The summed E-state index contributed by atoms with van der Waals surface area (Å²) in [6, 6.07) is 5.34. The van der Waals surface area contributed by atoms with Crippen LogP contribution in [0.5, 0.6) is 0 Å². The third-order valence-electron chi connectivity index (χ3n) is 3.58. The summed E-state index contributed by atoms with van der Waals surface area (Å²) in [5.74, 6) is -3.12. The van der Waals surface area contributed by atoms with E-state index in [1.165, 1.54) is 24.5 Å². The number of rotatable bonds is 1. The molecule has 0 fully saturated rings. The van der Waals surface area contributed by atoms with Gasteiger partial charge in [-0.3, -0.25) is 4.57 Å². The van der Waals surface area contributed by atoms with Crippen molar-refractivity contribution in [2.24, 2.45) is 0 Å². The molecule has 1 N–H and O–H groups in total. The van der Waals surface area contributed by atoms with Crippen LogP contribution in [-0.2, 0) is 0 Å². The summed E-state index contributed by atoms with van der Waals surface area (Å²) >= 11 is 1.91. The fraction of sp³-hybridized carbons (Fsp3) is 0. The summed E-state index contributed by atoms with van der Waals surface area (Å²) in [4.78, 5) is 14.6. The van der Waals surface area contributed by atoms with Crippen molar-refractivity contribution in [2.75, 3.05) is 0 Å². The van der Waals surface area contributed by atoms with Crippen molar-refractivity contribution in [2.45, 2.75) is 0 Å². The van der Waals surface area contributed by atoms with E-state index in [1.807, 2.05) is 22.6 Å². The van der Waals surface area contributed by atoms with E-state index in [-0.39, 0.29) is 22.2 Å². The van der Waals surface area contributed by atoms with E-state index in [0.717, 1.165) is 4.57 Å². The molecule has 0 saturated carbocycles. The van der Waals surface area contributed by atoms with Crippen molar-refractivity contribution < 1.29 is 17.6 Å². The molecule has 0 aliphatic carbocycles. The smallest absolute Gasteiger partial charge is 0.331 e. The molecule has 2 aromatic carbocycles. The van der Waals surface area contributed by atoms with Gasteiger partial charge in [0.15, 0.2) is 17.2 Å². The van der Waals surface area contributed by atoms with Crippen LogP contribution in [0.1, 0.15) is 0 Å². The van der Waals surface area contributed by atoms with E-state index in [1.54, 1.807) is 6.07 Å². The van der Waals surface area contributed by atoms with Crippen LogP contribution in [0.25, 0.3) is 27.7 Å². The van der Waals surface area contributed by atoms with E-state index in [2.05, 4.69) is 4.98 Å². The fourth-order valence-electron chi connectivity index (χ4n) is 2.60. The Bertz CT molecular complexity index is 1140. The Morgan fingerprint density at radius 3 is 2.65 bits per heavy atom. The number of imidazole rings is 1. The third-order valence-corrected chi connectivity index (χ3v) is 4.25. The molecule has 0 aliphatic rings. The molecule has 2 aromatic heterocycles. The monoisotopic (exact) mass is 430 g/mol. The second-order valence-corrected chi connectivity index (χ2v) is 6.12. The molecule has 0 spiro atoms. The van der Waals surface area contributed by atoms with Crippen LogP contribution >= 0.6 is 22.6 Å². The maximum absolute atomic E-state index is 14.5. The summed E-state index contributed by atoms with van der Waals surface area (Å²) in [5.41, 5.74) is -1.38. The highest BCUT2D eigenvalue weighted by atomic mass is 127. The molecule has 0 radical (unpaired) electrons. The summed E-state index contributed by atoms with van der Waals surface area (Å²) < 4.78 is 49.3. The van der Waals surface area contributed by atoms with Gasteiger partial charge in [0, 0.05) is 3.57 Å². The van der Waals surface area contributed by atoms with Gasteiger partial charge >= 0.3 is 5.69 Å². The lowest BCUT2D eigenvalue weighted by Crippen LogP contribution is -2.16. The standard InChI is InChI=1S/C15H6F3IN2O2/c16-8-5-6(19)1-2-9(8)21-13-11(18)10(17)7-3-4-23-14(7)12(13)20-15(21)22/h1-5H,(H,20,22). The van der Waals surface area contributed by atoms with Crippen molar-refractivity contribution in [3.05, 3.63) is 62.0 Å². The van der Waals surface area contributed by atoms with Crippen molar-refractivity contribution >= 4 is 44.6 Å². The molecule has 23 heavy (non-hydrogen) atoms. The van der Waals surface area contributed by atoms with Gasteiger partial charge in [0.05, 0.1) is 17.3 Å². The van der Waals surface area contributed by atoms with E-state index in [4.69, 9.17) is 4.42 Å². The largest absolute Gasteiger partial charge is 0.462 e. The van der Waals surface area contributed by atoms with E-state index in [9.17, 15) is 18.0 Å². The van der Waals surface area contributed by atoms with Crippen LogP contribution in [0, 0.1) is 21.0 Å². The molecule has 0 saturated heterocycles. The Morgan fingerprint density at radius 2 is 1.91 bits per heavy atom. The summed E-state index contributed by atoms with van der Waals surface area (Å²) in [5, 5.41) is -0.0912. The van der Waals surface area contributed by atoms with Gasteiger partial charge < -0.3 is 9.40 Å². The Morgan fingerprint density at radius 1 is 1.13 bits per heavy atom. The molecule has 116 valence electrons. The number of benzene rings is 2. The average molecular weight is 430 g/mol. The number of nitrogens with zero attached hydrogens (tertiary/aromatic N) is 1. The maximum Gasteiger partial charge on any atom is 0.331 e. The highest BCUT2D eigenvalue weighted by Gasteiger charge is 2.24. The molecule has 0 amide bonds. The minimum absolute atomic E-state index is 0.000620. The third kappa shape index (κ3) is 1.94. The molecule has 0 unspecified atom stereocenters. The average Bonchev–Trinajstić information content (AvgIpc) is 3.10. The van der Waals surface area contributed by atoms with Gasteiger partial charge in [-0.25, -0.2) is 18.0 Å². The fourth-order valence-corrected chi connectivity index (χ4v) is 3.05. The van der Waals surface area contributed by atoms with Gasteiger partial charge in [-0.2, -0.15) is 0 Å². The topological polar surface area (TPSA) is 50.9 Å². The molecule has 4 nitrogen and oxygen atoms in total. The van der Waals surface area contributed by atoms with Gasteiger partial charge in [-0.15, -0.1) is 0 Å². The van der Waals surface area contributed by atoms with Crippen LogP contribution in [0.15, 0.2) is 39.7 Å². The maximum atomic E-state index is 14.5. The lowest BCUT2D eigenvalue weighted by Gasteiger charge is -2.06. The highest BCUT2D eigenvalue weighted by Crippen LogP contribution is 2.31. The number of furan rings is 1. The number of halogens is 4. The van der Waals surface area contributed by atoms with Crippen molar-refractivity contribution in [1.82, 2.24) is 9.55 Å². The molecule has 4 aromatic rings. The van der Waals surface area contributed by atoms with E-state index in [0.29, 0.717) is 3.57 Å². The first-order chi connectivity index (χ1) is 11.0. The highest BCUT2D eigenvalue weighted by molar-refractivity contribution is 14.1. The first-order valence-corrected chi connectivity index (χ1v) is 7.51. The van der Waals surface area contributed by atoms with Crippen LogP contribution in [0.2, 0.25) is 0 Å². The molecular formula is C15H6F3IN2O2. The minimum Gasteiger partial charge on any atom is -0.462 e. The van der Waals surface area contributed by atoms with Gasteiger partial charge in [-0.05, 0) is 46.9 Å². The number of aromatic nitrogens is 2. The first kappa shape index (κ1) is 14.4. The zero-order valence-corrected chi connectivity index (χ0v) is 13.3. The second-order valence-electron chi connectivity index (χ2n) is 4.88. The Balaban J connectivity index is 2.22. The molecule has 8 heteroatoms. The van der Waals surface area contributed by atoms with Crippen LogP contribution in [0.3, 0.4) is 0 Å². The normalized spacial score (nSPS) is 11.7. The molecule has 0 bridgehead atoms. The summed E-state index contributed by atoms with van der Waals surface area (Å²) in [6.45, 7) is 0. The quantitative estimate of drug-likeness (QED) is 0.463. The lowest BCUT2D eigenvalue weighted by atomic mass is 10.2. The predicted octanol–water partition coefficient (Wildman–Crippen LogP) is 4.09. The Hall–Kier alpha value is -2.23. The van der Waals surface area contributed by atoms with Crippen LogP contribution in [0.4, 0.5) is 13.2 Å². The summed E-state index contributed by atoms with van der Waals surface area (Å²) in [6.07, 6.45) is 1.19. The molecule has 0 aliphatic heterocycles. The van der Waals surface area contributed by atoms with Crippen LogP contribution in [-0.4, -0.2) is 9.55 Å². The van der Waals surface area contributed by atoms with Gasteiger partial charge in [0.25, 0.3) is 0 Å².